The Bertz CT molecular complexity index is 375. The predicted molar refractivity (Wildman–Crippen MR) is 70.0 cm³/mol. The minimum absolute atomic E-state index is 0.00111. The zero-order valence-corrected chi connectivity index (χ0v) is 11.1. The summed E-state index contributed by atoms with van der Waals surface area (Å²) < 4.78 is 0. The summed E-state index contributed by atoms with van der Waals surface area (Å²) in [5, 5.41) is 19.2. The molecule has 3 heteroatoms. The molecule has 3 nitrogen and oxygen atoms in total. The van der Waals surface area contributed by atoms with Crippen molar-refractivity contribution in [3.63, 3.8) is 0 Å². The van der Waals surface area contributed by atoms with Crippen LogP contribution in [0.15, 0.2) is 6.07 Å². The summed E-state index contributed by atoms with van der Waals surface area (Å²) in [5.74, 6) is 0. The van der Waals surface area contributed by atoms with Crippen LogP contribution in [0.1, 0.15) is 40.3 Å². The maximum atomic E-state index is 10.3. The highest BCUT2D eigenvalue weighted by molar-refractivity contribution is 5.45. The quantitative estimate of drug-likeness (QED) is 0.746. The third kappa shape index (κ3) is 2.86. The van der Waals surface area contributed by atoms with Crippen LogP contribution in [0.5, 0.6) is 0 Å². The van der Waals surface area contributed by atoms with Crippen LogP contribution in [0.2, 0.25) is 0 Å². The van der Waals surface area contributed by atoms with Crippen LogP contribution in [-0.4, -0.2) is 22.9 Å². The first-order valence-electron chi connectivity index (χ1n) is 6.02. The van der Waals surface area contributed by atoms with Crippen LogP contribution >= 0.6 is 0 Å². The lowest BCUT2D eigenvalue weighted by molar-refractivity contribution is 0.128. The highest BCUT2D eigenvalue weighted by Crippen LogP contribution is 2.29. The third-order valence-electron chi connectivity index (χ3n) is 3.59. The molecule has 96 valence electrons. The van der Waals surface area contributed by atoms with Crippen molar-refractivity contribution in [3.8, 4) is 0 Å². The smallest absolute Gasteiger partial charge is 0.0947 e. The van der Waals surface area contributed by atoms with E-state index >= 15 is 0 Å². The molecule has 17 heavy (non-hydrogen) atoms. The first kappa shape index (κ1) is 14.2. The van der Waals surface area contributed by atoms with E-state index in [2.05, 4.69) is 6.07 Å². The molecule has 0 heterocycles. The number of aliphatic hydroxyl groups excluding tert-OH is 2. The summed E-state index contributed by atoms with van der Waals surface area (Å²) >= 11 is 0. The SMILES string of the molecule is Cc1cc(C)c(C)c(C(O)C(N)CCO)c1C. The highest BCUT2D eigenvalue weighted by atomic mass is 16.3. The minimum Gasteiger partial charge on any atom is -0.396 e. The van der Waals surface area contributed by atoms with E-state index in [0.29, 0.717) is 6.42 Å². The van der Waals surface area contributed by atoms with E-state index in [1.54, 1.807) is 0 Å². The topological polar surface area (TPSA) is 66.5 Å². The maximum Gasteiger partial charge on any atom is 0.0947 e. The molecule has 0 fully saturated rings. The number of hydrogen-bond donors (Lipinski definition) is 3. The lowest BCUT2D eigenvalue weighted by Crippen LogP contribution is -2.30. The molecule has 2 atom stereocenters. The fourth-order valence-electron chi connectivity index (χ4n) is 2.21. The van der Waals surface area contributed by atoms with Gasteiger partial charge in [0.05, 0.1) is 6.10 Å². The molecule has 2 unspecified atom stereocenters. The Balaban J connectivity index is 3.20. The zero-order chi connectivity index (χ0) is 13.2. The van der Waals surface area contributed by atoms with Crippen LogP contribution in [0.25, 0.3) is 0 Å². The molecular formula is C14H23NO2. The zero-order valence-electron chi connectivity index (χ0n) is 11.1. The summed E-state index contributed by atoms with van der Waals surface area (Å²) in [6.45, 7) is 8.09. The van der Waals surface area contributed by atoms with Gasteiger partial charge in [0.25, 0.3) is 0 Å². The molecule has 0 aliphatic heterocycles. The van der Waals surface area contributed by atoms with E-state index in [9.17, 15) is 5.11 Å². The van der Waals surface area contributed by atoms with Gasteiger partial charge in [0.2, 0.25) is 0 Å². The van der Waals surface area contributed by atoms with E-state index in [-0.39, 0.29) is 6.61 Å². The summed E-state index contributed by atoms with van der Waals surface area (Å²) in [6, 6.07) is 1.71. The Morgan fingerprint density at radius 1 is 1.12 bits per heavy atom. The average Bonchev–Trinajstić information content (AvgIpc) is 2.27. The van der Waals surface area contributed by atoms with Crippen LogP contribution in [0, 0.1) is 27.7 Å². The number of aliphatic hydroxyl groups is 2. The first-order valence-corrected chi connectivity index (χ1v) is 6.02. The van der Waals surface area contributed by atoms with Gasteiger partial charge >= 0.3 is 0 Å². The predicted octanol–water partition coefficient (Wildman–Crippen LogP) is 1.66. The average molecular weight is 237 g/mol. The second kappa shape index (κ2) is 5.63. The molecule has 0 spiro atoms. The monoisotopic (exact) mass is 237 g/mol. The molecular weight excluding hydrogens is 214 g/mol. The van der Waals surface area contributed by atoms with Gasteiger partial charge < -0.3 is 15.9 Å². The van der Waals surface area contributed by atoms with E-state index in [0.717, 1.165) is 16.7 Å². The molecule has 1 rings (SSSR count). The van der Waals surface area contributed by atoms with Gasteiger partial charge in [0.15, 0.2) is 0 Å². The molecule has 0 bridgehead atoms. The van der Waals surface area contributed by atoms with Gasteiger partial charge in [-0.05, 0) is 61.9 Å². The first-order chi connectivity index (χ1) is 7.90. The van der Waals surface area contributed by atoms with Crippen molar-refractivity contribution in [1.29, 1.82) is 0 Å². The third-order valence-corrected chi connectivity index (χ3v) is 3.59. The van der Waals surface area contributed by atoms with Gasteiger partial charge in [-0.1, -0.05) is 6.07 Å². The summed E-state index contributed by atoms with van der Waals surface area (Å²) in [4.78, 5) is 0. The number of nitrogens with two attached hydrogens (primary N) is 1. The van der Waals surface area contributed by atoms with Crippen molar-refractivity contribution in [2.45, 2.75) is 46.3 Å². The molecule has 0 saturated heterocycles. The van der Waals surface area contributed by atoms with Gasteiger partial charge in [0.1, 0.15) is 0 Å². The number of aryl methyl sites for hydroxylation is 2. The highest BCUT2D eigenvalue weighted by Gasteiger charge is 2.21. The van der Waals surface area contributed by atoms with Crippen molar-refractivity contribution in [1.82, 2.24) is 0 Å². The van der Waals surface area contributed by atoms with Crippen molar-refractivity contribution < 1.29 is 10.2 Å². The normalized spacial score (nSPS) is 14.8. The number of benzene rings is 1. The molecule has 1 aromatic carbocycles. The van der Waals surface area contributed by atoms with E-state index in [1.165, 1.54) is 11.1 Å². The van der Waals surface area contributed by atoms with Gasteiger partial charge in [-0.3, -0.25) is 0 Å². The number of hydrogen-bond acceptors (Lipinski definition) is 3. The Kier molecular flexibility index (Phi) is 4.69. The molecule has 0 radical (unpaired) electrons. The second-order valence-corrected chi connectivity index (χ2v) is 4.80. The molecule has 0 aliphatic rings. The molecule has 0 aliphatic carbocycles. The maximum absolute atomic E-state index is 10.3. The van der Waals surface area contributed by atoms with Crippen molar-refractivity contribution in [3.05, 3.63) is 33.9 Å². The Hall–Kier alpha value is -0.900. The molecule has 4 N–H and O–H groups in total. The number of rotatable bonds is 4. The molecule has 0 amide bonds. The van der Waals surface area contributed by atoms with Crippen LogP contribution in [-0.2, 0) is 0 Å². The summed E-state index contributed by atoms with van der Waals surface area (Å²) in [7, 11) is 0. The fourth-order valence-corrected chi connectivity index (χ4v) is 2.21. The minimum atomic E-state index is -0.708. The van der Waals surface area contributed by atoms with Crippen molar-refractivity contribution in [2.75, 3.05) is 6.61 Å². The Morgan fingerprint density at radius 3 is 2.00 bits per heavy atom. The second-order valence-electron chi connectivity index (χ2n) is 4.80. The van der Waals surface area contributed by atoms with Crippen molar-refractivity contribution >= 4 is 0 Å². The Labute approximate surface area is 103 Å². The molecule has 0 saturated carbocycles. The van der Waals surface area contributed by atoms with E-state index in [1.807, 2.05) is 27.7 Å². The standard InChI is InChI=1S/C14H23NO2/c1-8-7-9(2)11(4)13(10(8)3)14(17)12(15)5-6-16/h7,12,14,16-17H,5-6,15H2,1-4H3. The summed E-state index contributed by atoms with van der Waals surface area (Å²) in [5.41, 5.74) is 11.3. The van der Waals surface area contributed by atoms with E-state index < -0.39 is 12.1 Å². The van der Waals surface area contributed by atoms with Crippen molar-refractivity contribution in [2.24, 2.45) is 5.73 Å². The van der Waals surface area contributed by atoms with Gasteiger partial charge in [-0.25, -0.2) is 0 Å². The Morgan fingerprint density at radius 2 is 1.59 bits per heavy atom. The van der Waals surface area contributed by atoms with Gasteiger partial charge in [-0.15, -0.1) is 0 Å². The largest absolute Gasteiger partial charge is 0.396 e. The van der Waals surface area contributed by atoms with Crippen LogP contribution < -0.4 is 5.73 Å². The lowest BCUT2D eigenvalue weighted by atomic mass is 9.88. The lowest BCUT2D eigenvalue weighted by Gasteiger charge is -2.24. The molecule has 1 aromatic rings. The molecule has 0 aromatic heterocycles. The fraction of sp³-hybridized carbons (Fsp3) is 0.571. The van der Waals surface area contributed by atoms with Gasteiger partial charge in [-0.2, -0.15) is 0 Å². The van der Waals surface area contributed by atoms with E-state index in [4.69, 9.17) is 10.8 Å². The summed E-state index contributed by atoms with van der Waals surface area (Å²) in [6.07, 6.45) is -0.298. The van der Waals surface area contributed by atoms with Crippen LogP contribution in [0.4, 0.5) is 0 Å². The van der Waals surface area contributed by atoms with Gasteiger partial charge in [0, 0.05) is 12.6 Å². The van der Waals surface area contributed by atoms with Crippen LogP contribution in [0.3, 0.4) is 0 Å².